The number of hydrogen-bond donors (Lipinski definition) is 0. The summed E-state index contributed by atoms with van der Waals surface area (Å²) in [4.78, 5) is -0.224. The van der Waals surface area contributed by atoms with Crippen LogP contribution in [0.5, 0.6) is 5.75 Å². The summed E-state index contributed by atoms with van der Waals surface area (Å²) in [7, 11) is -3.89. The van der Waals surface area contributed by atoms with Gasteiger partial charge in [0.25, 0.3) is 0 Å². The van der Waals surface area contributed by atoms with E-state index in [4.69, 9.17) is 4.74 Å². The fourth-order valence-corrected chi connectivity index (χ4v) is 4.53. The van der Waals surface area contributed by atoms with Gasteiger partial charge in [-0.25, -0.2) is 8.42 Å². The predicted octanol–water partition coefficient (Wildman–Crippen LogP) is 1.84. The summed E-state index contributed by atoms with van der Waals surface area (Å²) in [6, 6.07) is 5.48. The van der Waals surface area contributed by atoms with Gasteiger partial charge in [-0.2, -0.15) is 13.1 Å². The molecule has 21 heavy (non-hydrogen) atoms. The number of hydrogen-bond acceptors (Lipinski definition) is 4. The topological polar surface area (TPSA) is 55.8 Å². The number of halogens is 2. The molecule has 1 saturated heterocycles. The highest BCUT2D eigenvalue weighted by molar-refractivity contribution is 7.89. The van der Waals surface area contributed by atoms with Crippen LogP contribution in [0.1, 0.15) is 12.8 Å². The summed E-state index contributed by atoms with van der Waals surface area (Å²) in [6.07, 6.45) is 1.45. The Balaban J connectivity index is 1.98. The zero-order chi connectivity index (χ0) is 15.1. The van der Waals surface area contributed by atoms with Gasteiger partial charge in [0, 0.05) is 6.54 Å². The minimum absolute atomic E-state index is 0.224. The van der Waals surface area contributed by atoms with Crippen molar-refractivity contribution in [1.82, 2.24) is 4.31 Å². The van der Waals surface area contributed by atoms with Crippen LogP contribution in [0.25, 0.3) is 0 Å². The smallest absolute Gasteiger partial charge is 0.387 e. The molecule has 1 spiro atoms. The summed E-state index contributed by atoms with van der Waals surface area (Å²) in [5.41, 5.74) is -0.505. The van der Waals surface area contributed by atoms with Gasteiger partial charge in [-0.1, -0.05) is 12.1 Å². The normalized spacial score (nSPS) is 21.7. The van der Waals surface area contributed by atoms with Crippen molar-refractivity contribution < 1.29 is 26.7 Å². The van der Waals surface area contributed by atoms with Gasteiger partial charge in [0.15, 0.2) is 0 Å². The third kappa shape index (κ3) is 2.63. The van der Waals surface area contributed by atoms with E-state index < -0.39 is 22.2 Å². The molecule has 2 aliphatic rings. The van der Waals surface area contributed by atoms with Crippen molar-refractivity contribution in [2.75, 3.05) is 19.8 Å². The van der Waals surface area contributed by atoms with Crippen LogP contribution in [0.2, 0.25) is 0 Å². The summed E-state index contributed by atoms with van der Waals surface area (Å²) < 4.78 is 61.5. The third-order valence-corrected chi connectivity index (χ3v) is 5.84. The summed E-state index contributed by atoms with van der Waals surface area (Å²) in [5, 5.41) is 0. The highest BCUT2D eigenvalue weighted by atomic mass is 32.2. The number of sulfonamides is 1. The highest BCUT2D eigenvalue weighted by Crippen LogP contribution is 2.47. The Morgan fingerprint density at radius 3 is 2.67 bits per heavy atom. The molecule has 116 valence electrons. The van der Waals surface area contributed by atoms with Gasteiger partial charge in [-0.05, 0) is 25.0 Å². The lowest BCUT2D eigenvalue weighted by Gasteiger charge is -2.35. The van der Waals surface area contributed by atoms with Crippen molar-refractivity contribution in [3.63, 3.8) is 0 Å². The standard InChI is InChI=1S/C13H15F2NO4S/c14-12(15)20-10-3-1-2-4-11(10)21(17,18)16-7-8-19-9-13(16)5-6-13/h1-4,12H,5-9H2. The molecule has 0 unspecified atom stereocenters. The Labute approximate surface area is 121 Å². The molecule has 1 saturated carbocycles. The molecule has 0 radical (unpaired) electrons. The Hall–Kier alpha value is -1.25. The van der Waals surface area contributed by atoms with Crippen LogP contribution < -0.4 is 4.74 Å². The van der Waals surface area contributed by atoms with Crippen molar-refractivity contribution in [2.45, 2.75) is 29.9 Å². The fraction of sp³-hybridized carbons (Fsp3) is 0.538. The van der Waals surface area contributed by atoms with Gasteiger partial charge in [0.2, 0.25) is 10.0 Å². The molecule has 0 N–H and O–H groups in total. The van der Waals surface area contributed by atoms with Crippen LogP contribution in [0.4, 0.5) is 8.78 Å². The fourth-order valence-electron chi connectivity index (χ4n) is 2.61. The lowest BCUT2D eigenvalue weighted by atomic mass is 10.2. The van der Waals surface area contributed by atoms with Crippen LogP contribution >= 0.6 is 0 Å². The Morgan fingerprint density at radius 2 is 2.00 bits per heavy atom. The van der Waals surface area contributed by atoms with Gasteiger partial charge >= 0.3 is 6.61 Å². The molecule has 0 amide bonds. The van der Waals surface area contributed by atoms with E-state index in [-0.39, 0.29) is 17.2 Å². The number of alkyl halides is 2. The molecule has 1 heterocycles. The minimum Gasteiger partial charge on any atom is -0.433 e. The Bertz CT molecular complexity index is 631. The second-order valence-electron chi connectivity index (χ2n) is 5.18. The monoisotopic (exact) mass is 319 g/mol. The molecule has 5 nitrogen and oxygen atoms in total. The quantitative estimate of drug-likeness (QED) is 0.850. The first-order valence-corrected chi connectivity index (χ1v) is 8.04. The van der Waals surface area contributed by atoms with Crippen molar-refractivity contribution >= 4 is 10.0 Å². The zero-order valence-corrected chi connectivity index (χ0v) is 12.0. The van der Waals surface area contributed by atoms with Gasteiger partial charge in [0.05, 0.1) is 18.8 Å². The van der Waals surface area contributed by atoms with Gasteiger partial charge in [0.1, 0.15) is 10.6 Å². The molecule has 3 rings (SSSR count). The maximum absolute atomic E-state index is 12.8. The van der Waals surface area contributed by atoms with Gasteiger partial charge in [-0.15, -0.1) is 0 Å². The number of rotatable bonds is 4. The third-order valence-electron chi connectivity index (χ3n) is 3.80. The van der Waals surface area contributed by atoms with Crippen molar-refractivity contribution in [3.05, 3.63) is 24.3 Å². The van der Waals surface area contributed by atoms with Crippen molar-refractivity contribution in [1.29, 1.82) is 0 Å². The second kappa shape index (κ2) is 5.19. The zero-order valence-electron chi connectivity index (χ0n) is 11.2. The summed E-state index contributed by atoms with van der Waals surface area (Å²) in [6.45, 7) is -2.19. The molecular weight excluding hydrogens is 304 g/mol. The van der Waals surface area contributed by atoms with Crippen LogP contribution in [0.3, 0.4) is 0 Å². The first kappa shape index (κ1) is 14.7. The summed E-state index contributed by atoms with van der Waals surface area (Å²) in [5.74, 6) is -0.324. The Morgan fingerprint density at radius 1 is 1.29 bits per heavy atom. The predicted molar refractivity (Wildman–Crippen MR) is 69.7 cm³/mol. The number of benzene rings is 1. The molecule has 1 aliphatic carbocycles. The first-order chi connectivity index (χ1) is 9.96. The molecule has 1 aliphatic heterocycles. The lowest BCUT2D eigenvalue weighted by Crippen LogP contribution is -2.50. The van der Waals surface area contributed by atoms with Crippen LogP contribution in [0.15, 0.2) is 29.2 Å². The van der Waals surface area contributed by atoms with E-state index in [2.05, 4.69) is 4.74 Å². The average molecular weight is 319 g/mol. The SMILES string of the molecule is O=S(=O)(c1ccccc1OC(F)F)N1CCOCC12CC2. The lowest BCUT2D eigenvalue weighted by molar-refractivity contribution is -0.0518. The van der Waals surface area contributed by atoms with Crippen LogP contribution in [-0.2, 0) is 14.8 Å². The molecule has 0 atom stereocenters. The first-order valence-electron chi connectivity index (χ1n) is 6.60. The molecule has 2 fully saturated rings. The maximum atomic E-state index is 12.8. The highest BCUT2D eigenvalue weighted by Gasteiger charge is 2.55. The minimum atomic E-state index is -3.89. The van der Waals surface area contributed by atoms with E-state index in [0.717, 1.165) is 12.8 Å². The maximum Gasteiger partial charge on any atom is 0.387 e. The van der Waals surface area contributed by atoms with E-state index in [1.165, 1.54) is 28.6 Å². The van der Waals surface area contributed by atoms with Crippen molar-refractivity contribution in [3.8, 4) is 5.75 Å². The number of ether oxygens (including phenoxy) is 2. The van der Waals surface area contributed by atoms with E-state index in [1.807, 2.05) is 0 Å². The van der Waals surface area contributed by atoms with Crippen LogP contribution in [0, 0.1) is 0 Å². The Kier molecular flexibility index (Phi) is 3.62. The van der Waals surface area contributed by atoms with Gasteiger partial charge in [-0.3, -0.25) is 0 Å². The van der Waals surface area contributed by atoms with E-state index >= 15 is 0 Å². The average Bonchev–Trinajstić information content (AvgIpc) is 3.18. The number of nitrogens with zero attached hydrogens (tertiary/aromatic N) is 1. The number of morpholine rings is 1. The molecule has 0 bridgehead atoms. The van der Waals surface area contributed by atoms with Gasteiger partial charge < -0.3 is 9.47 Å². The van der Waals surface area contributed by atoms with Crippen molar-refractivity contribution in [2.24, 2.45) is 0 Å². The largest absolute Gasteiger partial charge is 0.433 e. The number of para-hydroxylation sites is 1. The molecular formula is C13H15F2NO4S. The van der Waals surface area contributed by atoms with E-state index in [1.54, 1.807) is 0 Å². The molecule has 8 heteroatoms. The van der Waals surface area contributed by atoms with E-state index in [0.29, 0.717) is 13.2 Å². The second-order valence-corrected chi connectivity index (χ2v) is 7.01. The molecule has 1 aromatic carbocycles. The molecule has 0 aromatic heterocycles. The molecule has 1 aromatic rings. The van der Waals surface area contributed by atoms with Crippen LogP contribution in [-0.4, -0.2) is 44.6 Å². The van der Waals surface area contributed by atoms with E-state index in [9.17, 15) is 17.2 Å². The summed E-state index contributed by atoms with van der Waals surface area (Å²) >= 11 is 0.